The number of rotatable bonds is 1. The quantitative estimate of drug-likeness (QED) is 0.694. The van der Waals surface area contributed by atoms with Gasteiger partial charge in [0.05, 0.1) is 0 Å². The van der Waals surface area contributed by atoms with Crippen LogP contribution >= 0.6 is 0 Å². The second kappa shape index (κ2) is 3.08. The van der Waals surface area contributed by atoms with Crippen LogP contribution in [0.2, 0.25) is 0 Å². The highest BCUT2D eigenvalue weighted by molar-refractivity contribution is 5.73. The molecule has 1 aromatic heterocycles. The molecule has 0 unspecified atom stereocenters. The largest absolute Gasteiger partial charge is 0.243 e. The van der Waals surface area contributed by atoms with Gasteiger partial charge in [-0.2, -0.15) is 0 Å². The Bertz CT molecular complexity index is 440. The summed E-state index contributed by atoms with van der Waals surface area (Å²) >= 11 is 0. The van der Waals surface area contributed by atoms with E-state index in [1.165, 1.54) is 5.56 Å². The molecule has 0 fully saturated rings. The minimum atomic E-state index is 0.296. The van der Waals surface area contributed by atoms with Gasteiger partial charge in [0.1, 0.15) is 11.0 Å². The highest BCUT2D eigenvalue weighted by Crippen LogP contribution is 2.22. The Balaban J connectivity index is 2.35. The first-order chi connectivity index (χ1) is 6.54. The van der Waals surface area contributed by atoms with Crippen LogP contribution in [0.3, 0.4) is 0 Å². The smallest absolute Gasteiger partial charge is 0.135 e. The Morgan fingerprint density at radius 2 is 1.86 bits per heavy atom. The van der Waals surface area contributed by atoms with Gasteiger partial charge in [-0.3, -0.25) is 0 Å². The summed E-state index contributed by atoms with van der Waals surface area (Å²) in [5, 5.41) is 7.59. The monoisotopic (exact) mass is 190 g/mol. The van der Waals surface area contributed by atoms with E-state index in [2.05, 4.69) is 41.8 Å². The first-order valence-corrected chi connectivity index (χ1v) is 4.76. The fraction of sp³-hybridized carbons (Fsp3) is 0.455. The maximum atomic E-state index is 4.65. The molecule has 74 valence electrons. The number of fused-ring (bicyclic) bond motifs is 1. The van der Waals surface area contributed by atoms with Crippen molar-refractivity contribution in [1.82, 2.24) is 10.3 Å². The van der Waals surface area contributed by atoms with Gasteiger partial charge in [-0.15, -0.1) is 0 Å². The molecule has 2 rings (SSSR count). The normalized spacial score (nSPS) is 12.2. The highest BCUT2D eigenvalue weighted by atomic mass is 16.6. The molecule has 0 N–H and O–H groups in total. The average molecular weight is 190 g/mol. The third-order valence-electron chi connectivity index (χ3n) is 2.05. The lowest BCUT2D eigenvalue weighted by molar-refractivity contribution is 0.315. The molecule has 0 spiro atoms. The number of hydrogen-bond donors (Lipinski definition) is 0. The number of benzene rings is 1. The van der Waals surface area contributed by atoms with Crippen molar-refractivity contribution >= 4 is 11.0 Å². The molecule has 0 saturated carbocycles. The summed E-state index contributed by atoms with van der Waals surface area (Å²) in [6, 6.07) is 6.07. The lowest BCUT2D eigenvalue weighted by atomic mass is 9.88. The molecule has 0 aliphatic rings. The lowest BCUT2D eigenvalue weighted by Gasteiger charge is -2.17. The van der Waals surface area contributed by atoms with Crippen molar-refractivity contribution in [3.8, 4) is 0 Å². The van der Waals surface area contributed by atoms with Gasteiger partial charge in [0.25, 0.3) is 0 Å². The van der Waals surface area contributed by atoms with E-state index in [9.17, 15) is 0 Å². The van der Waals surface area contributed by atoms with Crippen LogP contribution in [0, 0.1) is 5.41 Å². The van der Waals surface area contributed by atoms with E-state index in [0.29, 0.717) is 5.41 Å². The maximum Gasteiger partial charge on any atom is 0.135 e. The summed E-state index contributed by atoms with van der Waals surface area (Å²) in [5.41, 5.74) is 3.24. The van der Waals surface area contributed by atoms with Crippen LogP contribution in [-0.2, 0) is 6.42 Å². The molecular formula is C11H14N2O. The van der Waals surface area contributed by atoms with Crippen molar-refractivity contribution in [2.24, 2.45) is 5.41 Å². The van der Waals surface area contributed by atoms with Crippen LogP contribution in [0.5, 0.6) is 0 Å². The Labute approximate surface area is 83.1 Å². The summed E-state index contributed by atoms with van der Waals surface area (Å²) in [5.74, 6) is 0. The molecule has 0 radical (unpaired) electrons. The third kappa shape index (κ3) is 1.92. The van der Waals surface area contributed by atoms with E-state index in [1.807, 2.05) is 12.1 Å². The number of hydrogen-bond acceptors (Lipinski definition) is 3. The first kappa shape index (κ1) is 9.19. The molecular weight excluding hydrogens is 176 g/mol. The van der Waals surface area contributed by atoms with Crippen LogP contribution in [0.4, 0.5) is 0 Å². The molecule has 0 amide bonds. The summed E-state index contributed by atoms with van der Waals surface area (Å²) in [7, 11) is 0. The van der Waals surface area contributed by atoms with E-state index in [0.717, 1.165) is 17.5 Å². The zero-order valence-corrected chi connectivity index (χ0v) is 8.74. The van der Waals surface area contributed by atoms with Crippen molar-refractivity contribution in [3.63, 3.8) is 0 Å². The Hall–Kier alpha value is -1.38. The molecule has 0 saturated heterocycles. The van der Waals surface area contributed by atoms with E-state index in [1.54, 1.807) is 0 Å². The van der Waals surface area contributed by atoms with E-state index in [4.69, 9.17) is 0 Å². The summed E-state index contributed by atoms with van der Waals surface area (Å²) < 4.78 is 4.65. The van der Waals surface area contributed by atoms with Crippen LogP contribution in [0.25, 0.3) is 11.0 Å². The minimum absolute atomic E-state index is 0.296. The number of nitrogens with zero attached hydrogens (tertiary/aromatic N) is 2. The lowest BCUT2D eigenvalue weighted by Crippen LogP contribution is -2.08. The topological polar surface area (TPSA) is 38.9 Å². The fourth-order valence-electron chi connectivity index (χ4n) is 1.55. The van der Waals surface area contributed by atoms with Gasteiger partial charge in [-0.05, 0) is 39.8 Å². The Morgan fingerprint density at radius 3 is 2.57 bits per heavy atom. The van der Waals surface area contributed by atoms with Crippen molar-refractivity contribution in [3.05, 3.63) is 23.8 Å². The van der Waals surface area contributed by atoms with E-state index in [-0.39, 0.29) is 0 Å². The van der Waals surface area contributed by atoms with Crippen molar-refractivity contribution in [2.75, 3.05) is 0 Å². The molecule has 0 aliphatic heterocycles. The minimum Gasteiger partial charge on any atom is -0.243 e. The molecule has 2 aromatic rings. The standard InChI is InChI=1S/C11H14N2O/c1-11(2,3)7-8-4-5-9-10(6-8)13-14-12-9/h4-6H,7H2,1-3H3. The van der Waals surface area contributed by atoms with Crippen molar-refractivity contribution in [1.29, 1.82) is 0 Å². The van der Waals surface area contributed by atoms with Crippen LogP contribution in [0.1, 0.15) is 26.3 Å². The molecule has 3 nitrogen and oxygen atoms in total. The highest BCUT2D eigenvalue weighted by Gasteiger charge is 2.12. The average Bonchev–Trinajstić information content (AvgIpc) is 2.47. The van der Waals surface area contributed by atoms with Crippen LogP contribution in [0.15, 0.2) is 22.8 Å². The third-order valence-corrected chi connectivity index (χ3v) is 2.05. The van der Waals surface area contributed by atoms with Crippen molar-refractivity contribution < 1.29 is 4.63 Å². The maximum absolute atomic E-state index is 4.65. The Kier molecular flexibility index (Phi) is 2.02. The zero-order valence-electron chi connectivity index (χ0n) is 8.74. The predicted octanol–water partition coefficient (Wildman–Crippen LogP) is 2.81. The molecule has 0 bridgehead atoms. The predicted molar refractivity (Wildman–Crippen MR) is 55.0 cm³/mol. The second-order valence-corrected chi connectivity index (χ2v) is 4.82. The summed E-state index contributed by atoms with van der Waals surface area (Å²) in [6.45, 7) is 6.66. The van der Waals surface area contributed by atoms with E-state index < -0.39 is 0 Å². The fourth-order valence-corrected chi connectivity index (χ4v) is 1.55. The molecule has 0 aliphatic carbocycles. The zero-order chi connectivity index (χ0) is 10.2. The molecule has 14 heavy (non-hydrogen) atoms. The van der Waals surface area contributed by atoms with Gasteiger partial charge in [-0.1, -0.05) is 26.8 Å². The van der Waals surface area contributed by atoms with Gasteiger partial charge in [0.15, 0.2) is 0 Å². The number of aromatic nitrogens is 2. The van der Waals surface area contributed by atoms with Crippen LogP contribution < -0.4 is 0 Å². The van der Waals surface area contributed by atoms with Crippen molar-refractivity contribution in [2.45, 2.75) is 27.2 Å². The first-order valence-electron chi connectivity index (χ1n) is 4.76. The second-order valence-electron chi connectivity index (χ2n) is 4.82. The summed E-state index contributed by atoms with van der Waals surface area (Å²) in [6.07, 6.45) is 1.04. The molecule has 1 aromatic carbocycles. The summed E-state index contributed by atoms with van der Waals surface area (Å²) in [4.78, 5) is 0. The Morgan fingerprint density at radius 1 is 1.14 bits per heavy atom. The molecule has 3 heteroatoms. The van der Waals surface area contributed by atoms with Gasteiger partial charge in [0, 0.05) is 0 Å². The van der Waals surface area contributed by atoms with Crippen LogP contribution in [-0.4, -0.2) is 10.3 Å². The van der Waals surface area contributed by atoms with Gasteiger partial charge >= 0.3 is 0 Å². The van der Waals surface area contributed by atoms with Gasteiger partial charge in [0.2, 0.25) is 0 Å². The van der Waals surface area contributed by atoms with Gasteiger partial charge < -0.3 is 0 Å². The molecule has 1 heterocycles. The SMILES string of the molecule is CC(C)(C)Cc1ccc2nonc2c1. The van der Waals surface area contributed by atoms with E-state index >= 15 is 0 Å². The van der Waals surface area contributed by atoms with Gasteiger partial charge in [-0.25, -0.2) is 4.63 Å². The molecule has 0 atom stereocenters.